The van der Waals surface area contributed by atoms with Crippen molar-refractivity contribution in [1.29, 1.82) is 0 Å². The Bertz CT molecular complexity index is 576. The van der Waals surface area contributed by atoms with Crippen LogP contribution in [0.5, 0.6) is 0 Å². The Morgan fingerprint density at radius 2 is 2.19 bits per heavy atom. The first-order valence-corrected chi connectivity index (χ1v) is 6.98. The predicted molar refractivity (Wildman–Crippen MR) is 76.7 cm³/mol. The number of rotatable bonds is 4. The van der Waals surface area contributed by atoms with Gasteiger partial charge in [-0.3, -0.25) is 9.59 Å². The molecule has 1 saturated heterocycles. The molecule has 3 N–H and O–H groups in total. The lowest BCUT2D eigenvalue weighted by Crippen LogP contribution is -2.48. The van der Waals surface area contributed by atoms with Crippen LogP contribution in [0.1, 0.15) is 36.5 Å². The summed E-state index contributed by atoms with van der Waals surface area (Å²) in [4.78, 5) is 24.8. The van der Waals surface area contributed by atoms with Gasteiger partial charge in [-0.05, 0) is 31.4 Å². The third-order valence-corrected chi connectivity index (χ3v) is 4.29. The molecule has 0 bridgehead atoms. The molecule has 5 nitrogen and oxygen atoms in total. The lowest BCUT2D eigenvalue weighted by molar-refractivity contribution is -0.149. The quantitative estimate of drug-likeness (QED) is 0.889. The van der Waals surface area contributed by atoms with Crippen molar-refractivity contribution >= 4 is 17.6 Å². The molecule has 0 saturated carbocycles. The molecule has 1 fully saturated rings. The van der Waals surface area contributed by atoms with Gasteiger partial charge < -0.3 is 15.7 Å². The number of carbonyl (C=O) groups excluding carboxylic acids is 1. The van der Waals surface area contributed by atoms with Crippen molar-refractivity contribution in [3.8, 4) is 0 Å². The number of nitrogens with zero attached hydrogens (tertiary/aromatic N) is 1. The molecule has 0 aliphatic carbocycles. The maximum Gasteiger partial charge on any atom is 0.311 e. The summed E-state index contributed by atoms with van der Waals surface area (Å²) in [6, 6.07) is 4.29. The summed E-state index contributed by atoms with van der Waals surface area (Å²) in [5.41, 5.74) is 4.60. The summed E-state index contributed by atoms with van der Waals surface area (Å²) in [6.07, 6.45) is 1.74. The fourth-order valence-electron chi connectivity index (χ4n) is 2.97. The van der Waals surface area contributed by atoms with Gasteiger partial charge in [-0.1, -0.05) is 13.0 Å². The van der Waals surface area contributed by atoms with Crippen molar-refractivity contribution in [2.45, 2.75) is 26.2 Å². The van der Waals surface area contributed by atoms with Crippen LogP contribution in [0.2, 0.25) is 0 Å². The Labute approximate surface area is 122 Å². The lowest BCUT2D eigenvalue weighted by Gasteiger charge is -2.41. The molecule has 1 amide bonds. The second kappa shape index (κ2) is 5.71. The minimum atomic E-state index is -0.862. The van der Waals surface area contributed by atoms with Crippen molar-refractivity contribution in [3.05, 3.63) is 29.6 Å². The highest BCUT2D eigenvalue weighted by atomic mass is 19.1. The van der Waals surface area contributed by atoms with Gasteiger partial charge in [-0.2, -0.15) is 0 Å². The van der Waals surface area contributed by atoms with Crippen LogP contribution in [0.25, 0.3) is 0 Å². The SMILES string of the molecule is CCC1(C(=O)O)CCCN(c2cccc(F)c2C(N)=O)C1. The summed E-state index contributed by atoms with van der Waals surface area (Å²) in [5, 5.41) is 9.49. The van der Waals surface area contributed by atoms with Gasteiger partial charge in [0.05, 0.1) is 16.7 Å². The highest BCUT2D eigenvalue weighted by molar-refractivity contribution is 5.99. The molecule has 0 aromatic heterocycles. The van der Waals surface area contributed by atoms with E-state index in [4.69, 9.17) is 5.73 Å². The van der Waals surface area contributed by atoms with Crippen LogP contribution in [0, 0.1) is 11.2 Å². The van der Waals surface area contributed by atoms with Crippen LogP contribution in [0.15, 0.2) is 18.2 Å². The molecule has 1 unspecified atom stereocenters. The number of hydrogen-bond acceptors (Lipinski definition) is 3. The molecule has 2 rings (SSSR count). The minimum absolute atomic E-state index is 0.171. The van der Waals surface area contributed by atoms with Crippen LogP contribution in [-0.2, 0) is 4.79 Å². The minimum Gasteiger partial charge on any atom is -0.481 e. The first kappa shape index (κ1) is 15.3. The summed E-state index contributed by atoms with van der Waals surface area (Å²) in [7, 11) is 0. The number of piperidine rings is 1. The van der Waals surface area contributed by atoms with E-state index < -0.39 is 23.1 Å². The van der Waals surface area contributed by atoms with Gasteiger partial charge in [0.15, 0.2) is 0 Å². The number of carboxylic acids is 1. The normalized spacial score (nSPS) is 22.1. The Balaban J connectivity index is 2.41. The standard InChI is InChI=1S/C15H19FN2O3/c1-2-15(14(20)21)7-4-8-18(9-15)11-6-3-5-10(16)12(11)13(17)19/h3,5-6H,2,4,7-9H2,1H3,(H2,17,19)(H,20,21). The van der Waals surface area contributed by atoms with Crippen LogP contribution in [-0.4, -0.2) is 30.1 Å². The Kier molecular flexibility index (Phi) is 4.16. The van der Waals surface area contributed by atoms with E-state index in [0.717, 1.165) is 0 Å². The van der Waals surface area contributed by atoms with Crippen LogP contribution in [0.4, 0.5) is 10.1 Å². The molecule has 114 valence electrons. The molecule has 1 aromatic rings. The number of anilines is 1. The monoisotopic (exact) mass is 294 g/mol. The molecule has 1 aliphatic heterocycles. The smallest absolute Gasteiger partial charge is 0.311 e. The Morgan fingerprint density at radius 1 is 1.48 bits per heavy atom. The molecule has 1 heterocycles. The number of carbonyl (C=O) groups is 2. The highest BCUT2D eigenvalue weighted by Gasteiger charge is 2.41. The zero-order valence-electron chi connectivity index (χ0n) is 11.9. The predicted octanol–water partition coefficient (Wildman–Crippen LogP) is 2.01. The molecule has 0 spiro atoms. The first-order chi connectivity index (χ1) is 9.91. The summed E-state index contributed by atoms with van der Waals surface area (Å²) >= 11 is 0. The number of hydrogen-bond donors (Lipinski definition) is 2. The van der Waals surface area contributed by atoms with Crippen LogP contribution < -0.4 is 10.6 Å². The maximum absolute atomic E-state index is 13.8. The number of aliphatic carboxylic acids is 1. The number of carboxylic acid groups (broad SMARTS) is 1. The van der Waals surface area contributed by atoms with Crippen molar-refractivity contribution in [2.24, 2.45) is 11.1 Å². The number of primary amides is 1. The Hall–Kier alpha value is -2.11. The molecular weight excluding hydrogens is 275 g/mol. The third kappa shape index (κ3) is 2.70. The van der Waals surface area contributed by atoms with Crippen LogP contribution >= 0.6 is 0 Å². The largest absolute Gasteiger partial charge is 0.481 e. The van der Waals surface area contributed by atoms with E-state index in [0.29, 0.717) is 31.5 Å². The fraction of sp³-hybridized carbons (Fsp3) is 0.467. The van der Waals surface area contributed by atoms with E-state index in [1.807, 2.05) is 6.92 Å². The number of benzene rings is 1. The average molecular weight is 294 g/mol. The molecule has 1 aliphatic rings. The number of halogens is 1. The van der Waals surface area contributed by atoms with E-state index in [9.17, 15) is 19.1 Å². The van der Waals surface area contributed by atoms with Gasteiger partial charge in [-0.15, -0.1) is 0 Å². The van der Waals surface area contributed by atoms with Crippen LogP contribution in [0.3, 0.4) is 0 Å². The molecule has 21 heavy (non-hydrogen) atoms. The Morgan fingerprint density at radius 3 is 2.76 bits per heavy atom. The van der Waals surface area contributed by atoms with E-state index >= 15 is 0 Å². The zero-order chi connectivity index (χ0) is 15.6. The van der Waals surface area contributed by atoms with E-state index in [1.165, 1.54) is 12.1 Å². The summed E-state index contributed by atoms with van der Waals surface area (Å²) in [6.45, 7) is 2.67. The van der Waals surface area contributed by atoms with Gasteiger partial charge in [-0.25, -0.2) is 4.39 Å². The van der Waals surface area contributed by atoms with Gasteiger partial charge in [0.1, 0.15) is 5.82 Å². The molecular formula is C15H19FN2O3. The molecule has 6 heteroatoms. The lowest BCUT2D eigenvalue weighted by atomic mass is 9.77. The average Bonchev–Trinajstić information content (AvgIpc) is 2.46. The molecule has 1 atom stereocenters. The van der Waals surface area contributed by atoms with Crippen molar-refractivity contribution in [3.63, 3.8) is 0 Å². The van der Waals surface area contributed by atoms with E-state index in [-0.39, 0.29) is 12.1 Å². The fourth-order valence-corrected chi connectivity index (χ4v) is 2.97. The highest BCUT2D eigenvalue weighted by Crippen LogP contribution is 2.37. The topological polar surface area (TPSA) is 83.6 Å². The van der Waals surface area contributed by atoms with Gasteiger partial charge in [0, 0.05) is 13.1 Å². The second-order valence-corrected chi connectivity index (χ2v) is 5.46. The number of amides is 1. The first-order valence-electron chi connectivity index (χ1n) is 6.98. The third-order valence-electron chi connectivity index (χ3n) is 4.29. The molecule has 0 radical (unpaired) electrons. The van der Waals surface area contributed by atoms with E-state index in [1.54, 1.807) is 11.0 Å². The maximum atomic E-state index is 13.8. The van der Waals surface area contributed by atoms with Gasteiger partial charge in [0.2, 0.25) is 0 Å². The van der Waals surface area contributed by atoms with Crippen molar-refractivity contribution in [1.82, 2.24) is 0 Å². The van der Waals surface area contributed by atoms with E-state index in [2.05, 4.69) is 0 Å². The summed E-state index contributed by atoms with van der Waals surface area (Å²) in [5.74, 6) is -2.37. The van der Waals surface area contributed by atoms with Crippen molar-refractivity contribution < 1.29 is 19.1 Å². The molecule has 1 aromatic carbocycles. The summed E-state index contributed by atoms with van der Waals surface area (Å²) < 4.78 is 13.8. The van der Waals surface area contributed by atoms with Gasteiger partial charge >= 0.3 is 5.97 Å². The van der Waals surface area contributed by atoms with Gasteiger partial charge in [0.25, 0.3) is 5.91 Å². The zero-order valence-corrected chi connectivity index (χ0v) is 11.9. The number of nitrogens with two attached hydrogens (primary N) is 1. The van der Waals surface area contributed by atoms with Crippen molar-refractivity contribution in [2.75, 3.05) is 18.0 Å². The second-order valence-electron chi connectivity index (χ2n) is 5.46.